The molecule has 0 bridgehead atoms. The van der Waals surface area contributed by atoms with Crippen molar-refractivity contribution in [2.75, 3.05) is 0 Å². The monoisotopic (exact) mass is 308 g/mol. The van der Waals surface area contributed by atoms with Gasteiger partial charge in [-0.3, -0.25) is 4.79 Å². The molecule has 0 atom stereocenters. The first-order valence-corrected chi connectivity index (χ1v) is 7.70. The molecule has 0 saturated carbocycles. The topological polar surface area (TPSA) is 80.9 Å². The van der Waals surface area contributed by atoms with Gasteiger partial charge in [0.15, 0.2) is 0 Å². The highest BCUT2D eigenvalue weighted by molar-refractivity contribution is 7.11. The Kier molecular flexibility index (Phi) is 4.41. The van der Waals surface area contributed by atoms with Crippen LogP contribution in [0.2, 0.25) is 0 Å². The van der Waals surface area contributed by atoms with Gasteiger partial charge in [0, 0.05) is 5.41 Å². The van der Waals surface area contributed by atoms with Crippen molar-refractivity contribution >= 4 is 17.2 Å². The average molecular weight is 308 g/mol. The molecule has 0 aliphatic heterocycles. The molecule has 0 aromatic carbocycles. The summed E-state index contributed by atoms with van der Waals surface area (Å²) in [5.74, 6) is 0.357. The summed E-state index contributed by atoms with van der Waals surface area (Å²) in [6.07, 6.45) is 0.660. The maximum Gasteiger partial charge on any atom is 0.257 e. The first-order valence-electron chi connectivity index (χ1n) is 6.89. The van der Waals surface area contributed by atoms with E-state index in [4.69, 9.17) is 4.52 Å². The van der Waals surface area contributed by atoms with Crippen molar-refractivity contribution < 1.29 is 9.32 Å². The molecule has 7 heteroatoms. The van der Waals surface area contributed by atoms with E-state index in [1.54, 1.807) is 6.92 Å². The summed E-state index contributed by atoms with van der Waals surface area (Å²) in [4.78, 5) is 12.2. The molecule has 0 aliphatic rings. The third-order valence-corrected chi connectivity index (χ3v) is 4.35. The normalized spacial score (nSPS) is 11.7. The van der Waals surface area contributed by atoms with E-state index in [0.717, 1.165) is 10.0 Å². The van der Waals surface area contributed by atoms with Crippen LogP contribution in [-0.2, 0) is 18.4 Å². The van der Waals surface area contributed by atoms with Crippen LogP contribution in [0.4, 0.5) is 0 Å². The van der Waals surface area contributed by atoms with E-state index in [1.165, 1.54) is 11.3 Å². The molecule has 0 aliphatic carbocycles. The Balaban J connectivity index is 2.04. The summed E-state index contributed by atoms with van der Waals surface area (Å²) < 4.78 is 5.07. The summed E-state index contributed by atoms with van der Waals surface area (Å²) in [6, 6.07) is 0. The Morgan fingerprint density at radius 2 is 2.05 bits per heavy atom. The van der Waals surface area contributed by atoms with E-state index >= 15 is 0 Å². The molecular weight excluding hydrogens is 288 g/mol. The summed E-state index contributed by atoms with van der Waals surface area (Å²) in [6.45, 7) is 10.3. The van der Waals surface area contributed by atoms with Crippen molar-refractivity contribution in [3.8, 4) is 0 Å². The number of amides is 1. The van der Waals surface area contributed by atoms with Gasteiger partial charge in [-0.1, -0.05) is 44.2 Å². The van der Waals surface area contributed by atoms with E-state index < -0.39 is 0 Å². The Morgan fingerprint density at radius 1 is 1.33 bits per heavy atom. The van der Waals surface area contributed by atoms with Gasteiger partial charge in [-0.05, 0) is 13.3 Å². The Labute approximate surface area is 127 Å². The van der Waals surface area contributed by atoms with Crippen molar-refractivity contribution in [1.82, 2.24) is 20.7 Å². The molecule has 0 unspecified atom stereocenters. The average Bonchev–Trinajstić information content (AvgIpc) is 3.01. The van der Waals surface area contributed by atoms with Crippen LogP contribution in [0.25, 0.3) is 0 Å². The Hall–Kier alpha value is -1.76. The third-order valence-electron chi connectivity index (χ3n) is 3.00. The fourth-order valence-electron chi connectivity index (χ4n) is 1.82. The lowest BCUT2D eigenvalue weighted by Gasteiger charge is -2.12. The van der Waals surface area contributed by atoms with Crippen molar-refractivity contribution in [3.05, 3.63) is 27.0 Å². The SMILES string of the molecule is CCc1noc(C)c1C(=O)NCc1nnc(C(C)(C)C)s1. The number of nitrogens with zero attached hydrogens (tertiary/aromatic N) is 3. The molecule has 2 heterocycles. The van der Waals surface area contributed by atoms with Gasteiger partial charge >= 0.3 is 0 Å². The maximum absolute atomic E-state index is 12.2. The van der Waals surface area contributed by atoms with Crippen LogP contribution in [0.15, 0.2) is 4.52 Å². The van der Waals surface area contributed by atoms with E-state index in [2.05, 4.69) is 41.4 Å². The number of aromatic nitrogens is 3. The molecule has 0 radical (unpaired) electrons. The van der Waals surface area contributed by atoms with Crippen LogP contribution >= 0.6 is 11.3 Å². The molecule has 0 saturated heterocycles. The van der Waals surface area contributed by atoms with E-state index in [1.807, 2.05) is 6.92 Å². The zero-order valence-corrected chi connectivity index (χ0v) is 13.8. The molecular formula is C14H20N4O2S. The number of nitrogens with one attached hydrogen (secondary N) is 1. The van der Waals surface area contributed by atoms with E-state index in [-0.39, 0.29) is 11.3 Å². The molecule has 6 nitrogen and oxygen atoms in total. The summed E-state index contributed by atoms with van der Waals surface area (Å²) in [5, 5.41) is 16.8. The molecule has 0 fully saturated rings. The quantitative estimate of drug-likeness (QED) is 0.939. The minimum absolute atomic E-state index is 0.0274. The number of carbonyl (C=O) groups is 1. The second kappa shape index (κ2) is 5.93. The predicted octanol–water partition coefficient (Wildman–Crippen LogP) is 2.62. The highest BCUT2D eigenvalue weighted by Crippen LogP contribution is 2.25. The molecule has 21 heavy (non-hydrogen) atoms. The first-order chi connectivity index (χ1) is 9.82. The van der Waals surface area contributed by atoms with Crippen LogP contribution in [0.5, 0.6) is 0 Å². The minimum Gasteiger partial charge on any atom is -0.361 e. The van der Waals surface area contributed by atoms with Gasteiger partial charge in [0.1, 0.15) is 21.3 Å². The van der Waals surface area contributed by atoms with Gasteiger partial charge in [0.05, 0.1) is 12.2 Å². The van der Waals surface area contributed by atoms with E-state index in [9.17, 15) is 4.79 Å². The maximum atomic E-state index is 12.2. The van der Waals surface area contributed by atoms with Crippen molar-refractivity contribution in [2.45, 2.75) is 53.0 Å². The Bertz CT molecular complexity index is 640. The number of hydrogen-bond donors (Lipinski definition) is 1. The van der Waals surface area contributed by atoms with Crippen LogP contribution in [0.1, 0.15) is 59.5 Å². The highest BCUT2D eigenvalue weighted by atomic mass is 32.1. The number of carbonyl (C=O) groups excluding carboxylic acids is 1. The van der Waals surface area contributed by atoms with Gasteiger partial charge in [-0.15, -0.1) is 10.2 Å². The lowest BCUT2D eigenvalue weighted by molar-refractivity contribution is 0.0948. The van der Waals surface area contributed by atoms with E-state index in [0.29, 0.717) is 30.0 Å². The summed E-state index contributed by atoms with van der Waals surface area (Å²) in [7, 11) is 0. The van der Waals surface area contributed by atoms with Crippen molar-refractivity contribution in [1.29, 1.82) is 0 Å². The summed E-state index contributed by atoms with van der Waals surface area (Å²) >= 11 is 1.52. The molecule has 2 aromatic rings. The van der Waals surface area contributed by atoms with Crippen LogP contribution in [0.3, 0.4) is 0 Å². The van der Waals surface area contributed by atoms with Crippen LogP contribution < -0.4 is 5.32 Å². The minimum atomic E-state index is -0.182. The molecule has 114 valence electrons. The second-order valence-corrected chi connectivity index (χ2v) is 6.91. The standard InChI is InChI=1S/C14H20N4O2S/c1-6-9-11(8(2)20-18-9)12(19)15-7-10-16-17-13(21-10)14(3,4)5/h6-7H2,1-5H3,(H,15,19). The van der Waals surface area contributed by atoms with Gasteiger partial charge in [0.2, 0.25) is 0 Å². The van der Waals surface area contributed by atoms with Crippen LogP contribution in [0, 0.1) is 6.92 Å². The molecule has 0 spiro atoms. The largest absolute Gasteiger partial charge is 0.361 e. The van der Waals surface area contributed by atoms with Gasteiger partial charge in [0.25, 0.3) is 5.91 Å². The van der Waals surface area contributed by atoms with Crippen LogP contribution in [-0.4, -0.2) is 21.3 Å². The first kappa shape index (κ1) is 15.6. The predicted molar refractivity (Wildman–Crippen MR) is 80.4 cm³/mol. The lowest BCUT2D eigenvalue weighted by Crippen LogP contribution is -2.24. The summed E-state index contributed by atoms with van der Waals surface area (Å²) in [5.41, 5.74) is 1.18. The number of hydrogen-bond acceptors (Lipinski definition) is 6. The Morgan fingerprint density at radius 3 is 2.62 bits per heavy atom. The van der Waals surface area contributed by atoms with Gasteiger partial charge in [-0.25, -0.2) is 0 Å². The molecule has 1 N–H and O–H groups in total. The third kappa shape index (κ3) is 3.47. The zero-order chi connectivity index (χ0) is 15.6. The molecule has 2 rings (SSSR count). The van der Waals surface area contributed by atoms with Crippen molar-refractivity contribution in [2.24, 2.45) is 0 Å². The highest BCUT2D eigenvalue weighted by Gasteiger charge is 2.21. The van der Waals surface area contributed by atoms with Gasteiger partial charge < -0.3 is 9.84 Å². The number of rotatable bonds is 4. The molecule has 2 aromatic heterocycles. The second-order valence-electron chi connectivity index (χ2n) is 5.85. The van der Waals surface area contributed by atoms with Gasteiger partial charge in [-0.2, -0.15) is 0 Å². The number of aryl methyl sites for hydroxylation is 2. The fraction of sp³-hybridized carbons (Fsp3) is 0.571. The zero-order valence-electron chi connectivity index (χ0n) is 13.0. The lowest BCUT2D eigenvalue weighted by atomic mass is 9.98. The fourth-order valence-corrected chi connectivity index (χ4v) is 2.66. The van der Waals surface area contributed by atoms with Crippen molar-refractivity contribution in [3.63, 3.8) is 0 Å². The molecule has 1 amide bonds. The smallest absolute Gasteiger partial charge is 0.257 e.